The Morgan fingerprint density at radius 2 is 2.06 bits per heavy atom. The van der Waals surface area contributed by atoms with E-state index in [1.54, 1.807) is 7.05 Å². The van der Waals surface area contributed by atoms with E-state index in [0.717, 1.165) is 25.1 Å². The highest BCUT2D eigenvalue weighted by Gasteiger charge is 2.04. The van der Waals surface area contributed by atoms with E-state index in [2.05, 4.69) is 36.8 Å². The van der Waals surface area contributed by atoms with E-state index in [0.29, 0.717) is 0 Å². The first-order chi connectivity index (χ1) is 7.71. The Labute approximate surface area is 99.9 Å². The van der Waals surface area contributed by atoms with Crippen LogP contribution in [0.2, 0.25) is 0 Å². The molecular weight excluding hydrogens is 196 g/mol. The number of aliphatic imine (C=N–C) groups is 1. The zero-order chi connectivity index (χ0) is 12.4. The van der Waals surface area contributed by atoms with Crippen LogP contribution in [0.15, 0.2) is 40.4 Å². The minimum absolute atomic E-state index is 0.831. The first-order valence-corrected chi connectivity index (χ1v) is 5.88. The van der Waals surface area contributed by atoms with Gasteiger partial charge in [-0.2, -0.15) is 0 Å². The van der Waals surface area contributed by atoms with Crippen LogP contribution in [-0.2, 0) is 0 Å². The van der Waals surface area contributed by atoms with Crippen molar-refractivity contribution in [2.24, 2.45) is 4.99 Å². The van der Waals surface area contributed by atoms with Crippen molar-refractivity contribution < 1.29 is 0 Å². The van der Waals surface area contributed by atoms with E-state index >= 15 is 0 Å². The van der Waals surface area contributed by atoms with Crippen LogP contribution in [0.4, 0.5) is 0 Å². The smallest absolute Gasteiger partial charge is 0.0277 e. The molecule has 0 saturated heterocycles. The summed E-state index contributed by atoms with van der Waals surface area (Å²) in [7, 11) is 1.80. The zero-order valence-corrected chi connectivity index (χ0v) is 11.0. The third kappa shape index (κ3) is 5.08. The Bertz CT molecular complexity index is 296. The van der Waals surface area contributed by atoms with Crippen molar-refractivity contribution in [1.29, 1.82) is 0 Å². The summed E-state index contributed by atoms with van der Waals surface area (Å²) in [6.45, 7) is 12.2. The second-order valence-electron chi connectivity index (χ2n) is 3.56. The van der Waals surface area contributed by atoms with Crippen molar-refractivity contribution in [2.45, 2.75) is 27.2 Å². The van der Waals surface area contributed by atoms with Gasteiger partial charge in [-0.1, -0.05) is 32.6 Å². The van der Waals surface area contributed by atoms with Crippen molar-refractivity contribution >= 4 is 6.21 Å². The van der Waals surface area contributed by atoms with Crippen LogP contribution in [0.25, 0.3) is 0 Å². The number of hydrogen-bond donors (Lipinski definition) is 1. The van der Waals surface area contributed by atoms with Crippen molar-refractivity contribution in [1.82, 2.24) is 5.32 Å². The topological polar surface area (TPSA) is 24.4 Å². The largest absolute Gasteiger partial charge is 0.313 e. The van der Waals surface area contributed by atoms with Gasteiger partial charge in [0.2, 0.25) is 0 Å². The maximum absolute atomic E-state index is 4.13. The molecule has 0 aliphatic heterocycles. The molecule has 2 nitrogen and oxygen atoms in total. The SMILES string of the molecule is C=C(CNCC)C(/C=C\C)=C(\C=NC)CC. The molecule has 0 unspecified atom stereocenters. The fourth-order valence-electron chi connectivity index (χ4n) is 1.50. The molecule has 0 aromatic heterocycles. The van der Waals surface area contributed by atoms with Gasteiger partial charge >= 0.3 is 0 Å². The Balaban J connectivity index is 5.02. The van der Waals surface area contributed by atoms with Gasteiger partial charge in [0.05, 0.1) is 0 Å². The Morgan fingerprint density at radius 3 is 2.50 bits per heavy atom. The molecule has 0 rings (SSSR count). The fraction of sp³-hybridized carbons (Fsp3) is 0.500. The summed E-state index contributed by atoms with van der Waals surface area (Å²) in [5, 5.41) is 3.30. The minimum atomic E-state index is 0.831. The summed E-state index contributed by atoms with van der Waals surface area (Å²) in [5.41, 5.74) is 3.57. The number of likely N-dealkylation sites (N-methyl/N-ethyl adjacent to an activating group) is 1. The fourth-order valence-corrected chi connectivity index (χ4v) is 1.50. The molecule has 1 N–H and O–H groups in total. The monoisotopic (exact) mass is 220 g/mol. The van der Waals surface area contributed by atoms with Crippen LogP contribution >= 0.6 is 0 Å². The molecule has 16 heavy (non-hydrogen) atoms. The van der Waals surface area contributed by atoms with Crippen LogP contribution < -0.4 is 5.32 Å². The molecule has 0 saturated carbocycles. The number of rotatable bonds is 7. The normalized spacial score (nSPS) is 13.5. The molecule has 0 atom stereocenters. The second kappa shape index (κ2) is 9.10. The van der Waals surface area contributed by atoms with Crippen LogP contribution in [0.3, 0.4) is 0 Å². The average Bonchev–Trinajstić information content (AvgIpc) is 2.30. The first-order valence-electron chi connectivity index (χ1n) is 5.88. The molecule has 0 aliphatic rings. The third-order valence-electron chi connectivity index (χ3n) is 2.31. The predicted molar refractivity (Wildman–Crippen MR) is 74.2 cm³/mol. The predicted octanol–water partition coefficient (Wildman–Crippen LogP) is 3.14. The van der Waals surface area contributed by atoms with E-state index in [9.17, 15) is 0 Å². The molecule has 0 bridgehead atoms. The summed E-state index contributed by atoms with van der Waals surface area (Å²) in [4.78, 5) is 4.09. The molecule has 0 heterocycles. The summed E-state index contributed by atoms with van der Waals surface area (Å²) in [6.07, 6.45) is 7.06. The lowest BCUT2D eigenvalue weighted by Crippen LogP contribution is -2.17. The quantitative estimate of drug-likeness (QED) is 0.517. The lowest BCUT2D eigenvalue weighted by Gasteiger charge is -2.11. The molecule has 2 heteroatoms. The molecule has 0 aromatic carbocycles. The van der Waals surface area contributed by atoms with E-state index in [1.165, 1.54) is 11.1 Å². The highest BCUT2D eigenvalue weighted by molar-refractivity contribution is 5.82. The van der Waals surface area contributed by atoms with Gasteiger partial charge in [-0.05, 0) is 36.6 Å². The van der Waals surface area contributed by atoms with Gasteiger partial charge in [0, 0.05) is 19.8 Å². The molecule has 0 fully saturated rings. The van der Waals surface area contributed by atoms with Crippen LogP contribution in [0.1, 0.15) is 27.2 Å². The van der Waals surface area contributed by atoms with Gasteiger partial charge < -0.3 is 5.32 Å². The van der Waals surface area contributed by atoms with Crippen LogP contribution in [-0.4, -0.2) is 26.4 Å². The summed E-state index contributed by atoms with van der Waals surface area (Å²) in [5.74, 6) is 0. The van der Waals surface area contributed by atoms with Gasteiger partial charge in [-0.3, -0.25) is 4.99 Å². The van der Waals surface area contributed by atoms with E-state index < -0.39 is 0 Å². The van der Waals surface area contributed by atoms with Crippen molar-refractivity contribution in [2.75, 3.05) is 20.1 Å². The highest BCUT2D eigenvalue weighted by atomic mass is 14.8. The Kier molecular flexibility index (Phi) is 8.45. The number of nitrogens with zero attached hydrogens (tertiary/aromatic N) is 1. The van der Waals surface area contributed by atoms with Crippen LogP contribution in [0.5, 0.6) is 0 Å². The van der Waals surface area contributed by atoms with Crippen LogP contribution in [0, 0.1) is 0 Å². The molecule has 0 aliphatic carbocycles. The van der Waals surface area contributed by atoms with Crippen molar-refractivity contribution in [3.8, 4) is 0 Å². The molecule has 0 aromatic rings. The number of allylic oxidation sites excluding steroid dienone is 3. The maximum atomic E-state index is 4.13. The summed E-state index contributed by atoms with van der Waals surface area (Å²) < 4.78 is 0. The average molecular weight is 220 g/mol. The van der Waals surface area contributed by atoms with Gasteiger partial charge in [0.1, 0.15) is 0 Å². The number of nitrogens with one attached hydrogen (secondary N) is 1. The molecule has 0 radical (unpaired) electrons. The Hall–Kier alpha value is -1.15. The third-order valence-corrected chi connectivity index (χ3v) is 2.31. The first kappa shape index (κ1) is 14.8. The second-order valence-corrected chi connectivity index (χ2v) is 3.56. The molecule has 0 spiro atoms. The minimum Gasteiger partial charge on any atom is -0.313 e. The lowest BCUT2D eigenvalue weighted by atomic mass is 9.99. The van der Waals surface area contributed by atoms with Gasteiger partial charge in [-0.25, -0.2) is 0 Å². The Morgan fingerprint density at radius 1 is 1.38 bits per heavy atom. The molecule has 0 amide bonds. The summed E-state index contributed by atoms with van der Waals surface area (Å²) in [6, 6.07) is 0. The maximum Gasteiger partial charge on any atom is 0.0277 e. The highest BCUT2D eigenvalue weighted by Crippen LogP contribution is 2.16. The van der Waals surface area contributed by atoms with E-state index in [4.69, 9.17) is 0 Å². The zero-order valence-electron chi connectivity index (χ0n) is 11.0. The molecule has 90 valence electrons. The van der Waals surface area contributed by atoms with Gasteiger partial charge in [0.15, 0.2) is 0 Å². The van der Waals surface area contributed by atoms with Crippen molar-refractivity contribution in [3.05, 3.63) is 35.5 Å². The van der Waals surface area contributed by atoms with E-state index in [1.807, 2.05) is 19.2 Å². The molecular formula is C14H24N2. The number of hydrogen-bond acceptors (Lipinski definition) is 2. The van der Waals surface area contributed by atoms with Gasteiger partial charge in [0.25, 0.3) is 0 Å². The van der Waals surface area contributed by atoms with E-state index in [-0.39, 0.29) is 0 Å². The van der Waals surface area contributed by atoms with Crippen molar-refractivity contribution in [3.63, 3.8) is 0 Å². The lowest BCUT2D eigenvalue weighted by molar-refractivity contribution is 0.782. The van der Waals surface area contributed by atoms with Gasteiger partial charge in [-0.15, -0.1) is 0 Å². The standard InChI is InChI=1S/C14H24N2/c1-6-9-14(12(4)10-16-8-3)13(7-2)11-15-5/h6,9,11,16H,4,7-8,10H2,1-3,5H3/b9-6-,14-13-,15-11?. The summed E-state index contributed by atoms with van der Waals surface area (Å²) >= 11 is 0.